The van der Waals surface area contributed by atoms with Crippen molar-refractivity contribution < 1.29 is 19.4 Å². The minimum atomic E-state index is -0.914. The van der Waals surface area contributed by atoms with E-state index < -0.39 is 5.44 Å². The van der Waals surface area contributed by atoms with E-state index >= 15 is 0 Å². The van der Waals surface area contributed by atoms with Crippen molar-refractivity contribution >= 4 is 16.9 Å². The summed E-state index contributed by atoms with van der Waals surface area (Å²) in [6.45, 7) is 0. The number of aliphatic hydroxyl groups is 1. The van der Waals surface area contributed by atoms with Gasteiger partial charge in [-0.05, 0) is 11.8 Å². The van der Waals surface area contributed by atoms with Crippen LogP contribution in [0.1, 0.15) is 0 Å². The molecule has 0 fully saturated rings. The third-order valence-electron chi connectivity index (χ3n) is 1.28. The summed E-state index contributed by atoms with van der Waals surface area (Å²) in [5.74, 6) is 0.299. The van der Waals surface area contributed by atoms with E-state index in [-0.39, 0.29) is 16.6 Å². The topological polar surface area (TPSA) is 55.8 Å². The molecule has 1 aliphatic heterocycles. The van der Waals surface area contributed by atoms with E-state index in [1.54, 1.807) is 0 Å². The molecule has 1 unspecified atom stereocenters. The Labute approximate surface area is 68.2 Å². The molecule has 0 amide bonds. The molecule has 0 aromatic rings. The molecular weight excluding hydrogens is 168 g/mol. The standard InChI is InChI=1S/C6H8O4S/c1-9-3-4(10-2)6(8)11-5(3)7/h5,7H,1-2H3. The Balaban J connectivity index is 2.92. The van der Waals surface area contributed by atoms with Gasteiger partial charge in [0.05, 0.1) is 14.2 Å². The van der Waals surface area contributed by atoms with Crippen molar-refractivity contribution in [3.8, 4) is 0 Å². The van der Waals surface area contributed by atoms with Crippen LogP contribution in [-0.2, 0) is 14.3 Å². The van der Waals surface area contributed by atoms with E-state index in [0.29, 0.717) is 0 Å². The predicted octanol–water partition coefficient (Wildman–Crippen LogP) is 0.0826. The Hall–Kier alpha value is -0.680. The molecule has 1 N–H and O–H groups in total. The molecule has 11 heavy (non-hydrogen) atoms. The van der Waals surface area contributed by atoms with Crippen molar-refractivity contribution in [2.45, 2.75) is 5.44 Å². The smallest absolute Gasteiger partial charge is 0.260 e. The Morgan fingerprint density at radius 1 is 1.45 bits per heavy atom. The van der Waals surface area contributed by atoms with Crippen LogP contribution in [0.5, 0.6) is 0 Å². The fraction of sp³-hybridized carbons (Fsp3) is 0.500. The van der Waals surface area contributed by atoms with Gasteiger partial charge in [0.15, 0.2) is 11.2 Å². The molecule has 1 heterocycles. The fourth-order valence-corrected chi connectivity index (χ4v) is 1.60. The van der Waals surface area contributed by atoms with Gasteiger partial charge in [0.25, 0.3) is 5.12 Å². The second-order valence-electron chi connectivity index (χ2n) is 1.86. The summed E-state index contributed by atoms with van der Waals surface area (Å²) in [6.07, 6.45) is 0. The average molecular weight is 176 g/mol. The third-order valence-corrected chi connectivity index (χ3v) is 2.11. The van der Waals surface area contributed by atoms with Gasteiger partial charge in [0.2, 0.25) is 5.76 Å². The normalized spacial score (nSPS) is 24.3. The summed E-state index contributed by atoms with van der Waals surface area (Å²) in [4.78, 5) is 10.9. The SMILES string of the molecule is COC1=C(OC)C(O)SC1=O. The van der Waals surface area contributed by atoms with Gasteiger partial charge in [-0.2, -0.15) is 0 Å². The number of hydrogen-bond donors (Lipinski definition) is 1. The van der Waals surface area contributed by atoms with Crippen molar-refractivity contribution in [1.29, 1.82) is 0 Å². The highest BCUT2D eigenvalue weighted by atomic mass is 32.2. The highest BCUT2D eigenvalue weighted by Gasteiger charge is 2.34. The Kier molecular flexibility index (Phi) is 2.41. The summed E-state index contributed by atoms with van der Waals surface area (Å²) in [7, 11) is 2.75. The monoisotopic (exact) mass is 176 g/mol. The predicted molar refractivity (Wildman–Crippen MR) is 39.6 cm³/mol. The zero-order chi connectivity index (χ0) is 8.43. The molecule has 0 aromatic carbocycles. The summed E-state index contributed by atoms with van der Waals surface area (Å²) in [5, 5.41) is 8.85. The average Bonchev–Trinajstić information content (AvgIpc) is 2.24. The number of aliphatic hydroxyl groups excluding tert-OH is 1. The summed E-state index contributed by atoms with van der Waals surface area (Å²) < 4.78 is 9.48. The maximum absolute atomic E-state index is 10.9. The van der Waals surface area contributed by atoms with E-state index in [4.69, 9.17) is 14.6 Å². The van der Waals surface area contributed by atoms with Crippen molar-refractivity contribution in [2.75, 3.05) is 14.2 Å². The van der Waals surface area contributed by atoms with Crippen LogP contribution in [0.2, 0.25) is 0 Å². The molecule has 5 heteroatoms. The highest BCUT2D eigenvalue weighted by Crippen LogP contribution is 2.32. The molecule has 1 atom stereocenters. The van der Waals surface area contributed by atoms with Crippen LogP contribution in [0.25, 0.3) is 0 Å². The first-order chi connectivity index (χ1) is 5.20. The molecule has 1 rings (SSSR count). The number of carbonyl (C=O) groups is 1. The number of hydrogen-bond acceptors (Lipinski definition) is 5. The van der Waals surface area contributed by atoms with Crippen LogP contribution in [0.15, 0.2) is 11.5 Å². The lowest BCUT2D eigenvalue weighted by Gasteiger charge is -2.04. The molecule has 0 bridgehead atoms. The van der Waals surface area contributed by atoms with Gasteiger partial charge >= 0.3 is 0 Å². The van der Waals surface area contributed by atoms with Crippen LogP contribution in [0.3, 0.4) is 0 Å². The molecule has 4 nitrogen and oxygen atoms in total. The van der Waals surface area contributed by atoms with Gasteiger partial charge < -0.3 is 14.6 Å². The summed E-state index contributed by atoms with van der Waals surface area (Å²) >= 11 is 0.778. The van der Waals surface area contributed by atoms with E-state index in [1.807, 2.05) is 0 Å². The van der Waals surface area contributed by atoms with E-state index in [2.05, 4.69) is 0 Å². The Morgan fingerprint density at radius 3 is 2.45 bits per heavy atom. The van der Waals surface area contributed by atoms with Crippen LogP contribution in [-0.4, -0.2) is 29.9 Å². The maximum Gasteiger partial charge on any atom is 0.260 e. The number of thioether (sulfide) groups is 1. The lowest BCUT2D eigenvalue weighted by atomic mass is 10.4. The number of methoxy groups -OCH3 is 2. The van der Waals surface area contributed by atoms with Crippen LogP contribution in [0.4, 0.5) is 0 Å². The van der Waals surface area contributed by atoms with Crippen LogP contribution >= 0.6 is 11.8 Å². The largest absolute Gasteiger partial charge is 0.493 e. The first-order valence-electron chi connectivity index (χ1n) is 2.92. The molecule has 0 spiro atoms. The van der Waals surface area contributed by atoms with E-state index in [9.17, 15) is 4.79 Å². The summed E-state index contributed by atoms with van der Waals surface area (Å²) in [6, 6.07) is 0. The maximum atomic E-state index is 10.9. The summed E-state index contributed by atoms with van der Waals surface area (Å²) in [5.41, 5.74) is -0.914. The molecule has 62 valence electrons. The Morgan fingerprint density at radius 2 is 2.09 bits per heavy atom. The first-order valence-corrected chi connectivity index (χ1v) is 3.80. The fourth-order valence-electron chi connectivity index (χ4n) is 0.799. The van der Waals surface area contributed by atoms with Crippen LogP contribution in [0, 0.1) is 0 Å². The lowest BCUT2D eigenvalue weighted by molar-refractivity contribution is -0.110. The molecule has 1 aliphatic rings. The molecule has 0 aliphatic carbocycles. The Bertz CT molecular complexity index is 211. The molecule has 0 radical (unpaired) electrons. The molecule has 0 saturated carbocycles. The zero-order valence-corrected chi connectivity index (χ0v) is 6.97. The van der Waals surface area contributed by atoms with Crippen molar-refractivity contribution in [3.63, 3.8) is 0 Å². The lowest BCUT2D eigenvalue weighted by Crippen LogP contribution is -2.03. The van der Waals surface area contributed by atoms with Gasteiger partial charge in [0, 0.05) is 0 Å². The molecule has 0 saturated heterocycles. The van der Waals surface area contributed by atoms with Crippen molar-refractivity contribution in [3.05, 3.63) is 11.5 Å². The number of carbonyl (C=O) groups excluding carboxylic acids is 1. The second kappa shape index (κ2) is 3.15. The minimum Gasteiger partial charge on any atom is -0.493 e. The van der Waals surface area contributed by atoms with E-state index in [0.717, 1.165) is 11.8 Å². The van der Waals surface area contributed by atoms with Gasteiger partial charge in [-0.15, -0.1) is 0 Å². The molecule has 0 aromatic heterocycles. The number of ether oxygens (including phenoxy) is 2. The highest BCUT2D eigenvalue weighted by molar-refractivity contribution is 8.15. The third kappa shape index (κ3) is 1.34. The zero-order valence-electron chi connectivity index (χ0n) is 6.16. The van der Waals surface area contributed by atoms with Gasteiger partial charge in [-0.3, -0.25) is 4.79 Å². The van der Waals surface area contributed by atoms with Crippen molar-refractivity contribution in [2.24, 2.45) is 0 Å². The quantitative estimate of drug-likeness (QED) is 0.645. The second-order valence-corrected chi connectivity index (χ2v) is 2.91. The first kappa shape index (κ1) is 8.42. The minimum absolute atomic E-state index is 0.102. The van der Waals surface area contributed by atoms with E-state index in [1.165, 1.54) is 14.2 Å². The van der Waals surface area contributed by atoms with Gasteiger partial charge in [0.1, 0.15) is 0 Å². The van der Waals surface area contributed by atoms with Crippen molar-refractivity contribution in [1.82, 2.24) is 0 Å². The van der Waals surface area contributed by atoms with Gasteiger partial charge in [-0.1, -0.05) is 0 Å². The number of rotatable bonds is 2. The van der Waals surface area contributed by atoms with Crippen LogP contribution < -0.4 is 0 Å². The van der Waals surface area contributed by atoms with Gasteiger partial charge in [-0.25, -0.2) is 0 Å². The molecular formula is C6H8O4S.